The van der Waals surface area contributed by atoms with E-state index >= 15 is 0 Å². The molecule has 0 spiro atoms. The zero-order valence-electron chi connectivity index (χ0n) is 20.4. The molecule has 1 heterocycles. The number of terminal acetylenes is 1. The summed E-state index contributed by atoms with van der Waals surface area (Å²) in [6.45, 7) is 0.0810. The zero-order chi connectivity index (χ0) is 27.1. The van der Waals surface area contributed by atoms with E-state index in [2.05, 4.69) is 10.9 Å². The average molecular weight is 532 g/mol. The quantitative estimate of drug-likeness (QED) is 0.230. The number of nitrogens with zero attached hydrogens (tertiary/aromatic N) is 1. The topological polar surface area (TPSA) is 77.9 Å². The van der Waals surface area contributed by atoms with E-state index in [0.717, 1.165) is 11.1 Å². The number of aromatic nitrogens is 1. The molecule has 0 saturated heterocycles. The van der Waals surface area contributed by atoms with Crippen LogP contribution in [0.15, 0.2) is 66.7 Å². The molecule has 192 valence electrons. The Morgan fingerprint density at radius 3 is 2.76 bits per heavy atom. The van der Waals surface area contributed by atoms with Gasteiger partial charge < -0.3 is 19.3 Å². The first-order chi connectivity index (χ1) is 18.4. The van der Waals surface area contributed by atoms with Crippen LogP contribution < -0.4 is 9.47 Å². The van der Waals surface area contributed by atoms with Gasteiger partial charge in [-0.2, -0.15) is 0 Å². The summed E-state index contributed by atoms with van der Waals surface area (Å²) in [6, 6.07) is 18.5. The molecule has 6 nitrogen and oxygen atoms in total. The zero-order valence-corrected chi connectivity index (χ0v) is 21.1. The lowest BCUT2D eigenvalue weighted by Crippen LogP contribution is -2.16. The lowest BCUT2D eigenvalue weighted by molar-refractivity contribution is 0.0375. The van der Waals surface area contributed by atoms with Crippen molar-refractivity contribution >= 4 is 40.6 Å². The summed E-state index contributed by atoms with van der Waals surface area (Å²) in [5, 5.41) is 10.2. The number of methoxy groups -OCH3 is 1. The maximum atomic E-state index is 13.7. The fourth-order valence-corrected chi connectivity index (χ4v) is 3.91. The molecule has 1 atom stereocenters. The van der Waals surface area contributed by atoms with E-state index in [1.165, 1.54) is 31.4 Å². The van der Waals surface area contributed by atoms with E-state index in [1.807, 2.05) is 36.4 Å². The van der Waals surface area contributed by atoms with Gasteiger partial charge in [0.25, 0.3) is 0 Å². The minimum absolute atomic E-state index is 0.0178. The van der Waals surface area contributed by atoms with Crippen LogP contribution in [0.5, 0.6) is 11.5 Å². The van der Waals surface area contributed by atoms with Gasteiger partial charge in [0, 0.05) is 5.39 Å². The predicted octanol–water partition coefficient (Wildman–Crippen LogP) is 6.67. The van der Waals surface area contributed by atoms with Crippen molar-refractivity contribution in [2.24, 2.45) is 0 Å². The molecule has 38 heavy (non-hydrogen) atoms. The number of benzene rings is 3. The van der Waals surface area contributed by atoms with Crippen LogP contribution in [0.3, 0.4) is 0 Å². The Morgan fingerprint density at radius 2 is 2.00 bits per heavy atom. The highest BCUT2D eigenvalue weighted by molar-refractivity contribution is 6.31. The summed E-state index contributed by atoms with van der Waals surface area (Å²) in [5.41, 5.74) is 2.90. The number of pyridine rings is 1. The Bertz CT molecular complexity index is 1550. The number of hydrogen-bond acceptors (Lipinski definition) is 5. The molecule has 1 aromatic heterocycles. The Balaban J connectivity index is 1.54. The summed E-state index contributed by atoms with van der Waals surface area (Å²) in [6.07, 6.45) is 8.56. The van der Waals surface area contributed by atoms with Crippen molar-refractivity contribution in [2.45, 2.75) is 6.10 Å². The molecular formula is C30H23ClFNO5. The van der Waals surface area contributed by atoms with E-state index in [1.54, 1.807) is 18.2 Å². The lowest BCUT2D eigenvalue weighted by atomic mass is 10.1. The minimum Gasteiger partial charge on any atom is -0.497 e. The van der Waals surface area contributed by atoms with Gasteiger partial charge in [0.15, 0.2) is 0 Å². The highest BCUT2D eigenvalue weighted by Crippen LogP contribution is 2.27. The third kappa shape index (κ3) is 6.48. The van der Waals surface area contributed by atoms with Crippen LogP contribution in [-0.2, 0) is 4.74 Å². The van der Waals surface area contributed by atoms with Crippen molar-refractivity contribution in [3.8, 4) is 23.8 Å². The van der Waals surface area contributed by atoms with Gasteiger partial charge in [0.1, 0.15) is 42.2 Å². The van der Waals surface area contributed by atoms with Crippen LogP contribution in [0.25, 0.3) is 23.1 Å². The number of hydrogen-bond donors (Lipinski definition) is 1. The molecular weight excluding hydrogens is 509 g/mol. The molecule has 0 aliphatic heterocycles. The number of carboxylic acids is 1. The molecule has 3 aromatic carbocycles. The van der Waals surface area contributed by atoms with E-state index in [4.69, 9.17) is 32.2 Å². The second kappa shape index (κ2) is 12.2. The van der Waals surface area contributed by atoms with Gasteiger partial charge in [-0.25, -0.2) is 14.2 Å². The van der Waals surface area contributed by atoms with Crippen LogP contribution in [0.4, 0.5) is 4.39 Å². The summed E-state index contributed by atoms with van der Waals surface area (Å²) in [4.78, 5) is 16.2. The minimum atomic E-state index is -1.14. The van der Waals surface area contributed by atoms with E-state index in [0.29, 0.717) is 22.3 Å². The second-order valence-corrected chi connectivity index (χ2v) is 8.59. The number of ether oxygens (including phenoxy) is 3. The molecule has 0 fully saturated rings. The van der Waals surface area contributed by atoms with Crippen molar-refractivity contribution in [3.63, 3.8) is 0 Å². The number of carboxylic acid groups (broad SMARTS) is 1. The third-order valence-corrected chi connectivity index (χ3v) is 5.95. The van der Waals surface area contributed by atoms with Gasteiger partial charge in [0.05, 0.1) is 23.3 Å². The van der Waals surface area contributed by atoms with Crippen molar-refractivity contribution in [1.29, 1.82) is 0 Å². The molecule has 0 amide bonds. The van der Waals surface area contributed by atoms with Crippen molar-refractivity contribution in [1.82, 2.24) is 4.98 Å². The first-order valence-electron chi connectivity index (χ1n) is 11.5. The van der Waals surface area contributed by atoms with E-state index in [-0.39, 0.29) is 29.5 Å². The average Bonchev–Trinajstić information content (AvgIpc) is 2.92. The van der Waals surface area contributed by atoms with Gasteiger partial charge in [-0.15, -0.1) is 6.42 Å². The fraction of sp³-hybridized carbons (Fsp3) is 0.133. The number of halogens is 2. The Morgan fingerprint density at radius 1 is 1.16 bits per heavy atom. The Kier molecular flexibility index (Phi) is 8.59. The van der Waals surface area contributed by atoms with Crippen LogP contribution in [0.1, 0.15) is 33.3 Å². The molecule has 0 bridgehead atoms. The normalized spacial score (nSPS) is 11.8. The maximum Gasteiger partial charge on any atom is 0.339 e. The van der Waals surface area contributed by atoms with Gasteiger partial charge in [-0.05, 0) is 59.7 Å². The molecule has 1 unspecified atom stereocenters. The molecule has 4 rings (SSSR count). The largest absolute Gasteiger partial charge is 0.497 e. The van der Waals surface area contributed by atoms with Crippen molar-refractivity contribution in [3.05, 3.63) is 100.0 Å². The summed E-state index contributed by atoms with van der Waals surface area (Å²) < 4.78 is 30.5. The van der Waals surface area contributed by atoms with Crippen LogP contribution >= 0.6 is 11.6 Å². The number of aromatic carboxylic acids is 1. The maximum absolute atomic E-state index is 13.7. The van der Waals surface area contributed by atoms with Gasteiger partial charge in [-0.3, -0.25) is 0 Å². The molecule has 0 aliphatic carbocycles. The molecule has 0 saturated carbocycles. The van der Waals surface area contributed by atoms with Gasteiger partial charge in [-0.1, -0.05) is 47.9 Å². The molecule has 0 radical (unpaired) electrons. The standard InChI is InChI=1S/C30H23ClFNO5/c1-3-13-37-29(18-38-28-12-11-23(36-2)16-24(28)30(34)35)21-6-4-5-19(14-21)7-9-22-10-8-20-15-26(32)25(31)17-27(20)33-22/h1,4-12,14-17,29H,13,18H2,2H3,(H,34,35)/b9-7+. The number of carbonyl (C=O) groups is 1. The fourth-order valence-electron chi connectivity index (χ4n) is 3.75. The monoisotopic (exact) mass is 531 g/mol. The molecule has 4 aromatic rings. The summed E-state index contributed by atoms with van der Waals surface area (Å²) in [5.74, 6) is 1.42. The molecule has 0 aliphatic rings. The van der Waals surface area contributed by atoms with Crippen LogP contribution in [-0.4, -0.2) is 36.4 Å². The van der Waals surface area contributed by atoms with Crippen molar-refractivity contribution in [2.75, 3.05) is 20.3 Å². The first kappa shape index (κ1) is 26.7. The summed E-state index contributed by atoms with van der Waals surface area (Å²) >= 11 is 5.90. The molecule has 8 heteroatoms. The van der Waals surface area contributed by atoms with Gasteiger partial charge in [0.2, 0.25) is 0 Å². The second-order valence-electron chi connectivity index (χ2n) is 8.18. The van der Waals surface area contributed by atoms with Crippen molar-refractivity contribution < 1.29 is 28.5 Å². The number of fused-ring (bicyclic) bond motifs is 1. The van der Waals surface area contributed by atoms with Gasteiger partial charge >= 0.3 is 5.97 Å². The van der Waals surface area contributed by atoms with Crippen LogP contribution in [0.2, 0.25) is 5.02 Å². The van der Waals surface area contributed by atoms with E-state index < -0.39 is 17.9 Å². The van der Waals surface area contributed by atoms with E-state index in [9.17, 15) is 14.3 Å². The highest BCUT2D eigenvalue weighted by Gasteiger charge is 2.17. The molecule has 1 N–H and O–H groups in total. The highest BCUT2D eigenvalue weighted by atomic mass is 35.5. The Labute approximate surface area is 224 Å². The first-order valence-corrected chi connectivity index (χ1v) is 11.9. The SMILES string of the molecule is C#CCOC(COc1ccc(OC)cc1C(=O)O)c1cccc(/C=C/c2ccc3cc(F)c(Cl)cc3n2)c1. The van der Waals surface area contributed by atoms with Crippen LogP contribution in [0, 0.1) is 18.2 Å². The summed E-state index contributed by atoms with van der Waals surface area (Å²) in [7, 11) is 1.46. The Hall–Kier alpha value is -4.38. The number of rotatable bonds is 10. The predicted molar refractivity (Wildman–Crippen MR) is 145 cm³/mol. The smallest absolute Gasteiger partial charge is 0.339 e. The third-order valence-electron chi connectivity index (χ3n) is 5.66. The lowest BCUT2D eigenvalue weighted by Gasteiger charge is -2.19.